The van der Waals surface area contributed by atoms with E-state index in [1.54, 1.807) is 25.4 Å². The van der Waals surface area contributed by atoms with Crippen molar-refractivity contribution in [3.8, 4) is 16.3 Å². The highest BCUT2D eigenvalue weighted by atomic mass is 32.1. The zero-order chi connectivity index (χ0) is 12.3. The summed E-state index contributed by atoms with van der Waals surface area (Å²) in [6.45, 7) is 1.77. The van der Waals surface area contributed by atoms with E-state index in [4.69, 9.17) is 4.74 Å². The number of hydrogen-bond acceptors (Lipinski definition) is 4. The fraction of sp³-hybridized carbons (Fsp3) is 0.308. The Labute approximate surface area is 105 Å². The van der Waals surface area contributed by atoms with Crippen LogP contribution in [0.2, 0.25) is 0 Å². The van der Waals surface area contributed by atoms with E-state index in [1.807, 2.05) is 29.6 Å². The molecule has 1 aromatic heterocycles. The second-order valence-corrected chi connectivity index (χ2v) is 4.76. The van der Waals surface area contributed by atoms with E-state index in [9.17, 15) is 5.11 Å². The predicted molar refractivity (Wildman–Crippen MR) is 69.5 cm³/mol. The van der Waals surface area contributed by atoms with Gasteiger partial charge in [0, 0.05) is 11.8 Å². The lowest BCUT2D eigenvalue weighted by molar-refractivity contribution is 0.194. The molecule has 0 saturated carbocycles. The van der Waals surface area contributed by atoms with E-state index < -0.39 is 0 Å². The lowest BCUT2D eigenvalue weighted by Gasteiger charge is -2.04. The lowest BCUT2D eigenvalue weighted by Crippen LogP contribution is -2.04. The SMILES string of the molecule is COc1ccccc1-c1nc(CC(C)O)cs1. The smallest absolute Gasteiger partial charge is 0.129 e. The quantitative estimate of drug-likeness (QED) is 0.906. The molecule has 0 radical (unpaired) electrons. The maximum atomic E-state index is 9.33. The first-order chi connectivity index (χ1) is 8.20. The lowest BCUT2D eigenvalue weighted by atomic mass is 10.2. The van der Waals surface area contributed by atoms with E-state index in [0.717, 1.165) is 22.0 Å². The van der Waals surface area contributed by atoms with Gasteiger partial charge in [0.15, 0.2) is 0 Å². The van der Waals surface area contributed by atoms with Crippen LogP contribution < -0.4 is 4.74 Å². The molecule has 0 aliphatic carbocycles. The van der Waals surface area contributed by atoms with Crippen LogP contribution in [0.3, 0.4) is 0 Å². The van der Waals surface area contributed by atoms with Gasteiger partial charge in [-0.1, -0.05) is 12.1 Å². The van der Waals surface area contributed by atoms with Crippen molar-refractivity contribution in [2.45, 2.75) is 19.4 Å². The number of ether oxygens (including phenoxy) is 1. The van der Waals surface area contributed by atoms with Gasteiger partial charge in [0.2, 0.25) is 0 Å². The second-order valence-electron chi connectivity index (χ2n) is 3.90. The molecule has 0 aliphatic rings. The van der Waals surface area contributed by atoms with Crippen molar-refractivity contribution in [1.29, 1.82) is 0 Å². The van der Waals surface area contributed by atoms with Crippen molar-refractivity contribution >= 4 is 11.3 Å². The van der Waals surface area contributed by atoms with Gasteiger partial charge in [-0.2, -0.15) is 0 Å². The predicted octanol–water partition coefficient (Wildman–Crippen LogP) is 2.74. The van der Waals surface area contributed by atoms with Crippen molar-refractivity contribution in [3.63, 3.8) is 0 Å². The van der Waals surface area contributed by atoms with Crippen molar-refractivity contribution in [3.05, 3.63) is 35.3 Å². The Morgan fingerprint density at radius 2 is 2.18 bits per heavy atom. The van der Waals surface area contributed by atoms with Crippen LogP contribution in [0.4, 0.5) is 0 Å². The Kier molecular flexibility index (Phi) is 3.76. The molecular formula is C13H15NO2S. The van der Waals surface area contributed by atoms with E-state index in [0.29, 0.717) is 6.42 Å². The average molecular weight is 249 g/mol. The van der Waals surface area contributed by atoms with Gasteiger partial charge in [-0.15, -0.1) is 11.3 Å². The molecule has 90 valence electrons. The molecule has 3 nitrogen and oxygen atoms in total. The third kappa shape index (κ3) is 2.84. The van der Waals surface area contributed by atoms with Gasteiger partial charge in [0.05, 0.1) is 24.5 Å². The number of benzene rings is 1. The van der Waals surface area contributed by atoms with Gasteiger partial charge in [-0.3, -0.25) is 0 Å². The zero-order valence-electron chi connectivity index (χ0n) is 9.88. The topological polar surface area (TPSA) is 42.4 Å². The minimum atomic E-state index is -0.359. The molecule has 0 amide bonds. The minimum Gasteiger partial charge on any atom is -0.496 e. The maximum absolute atomic E-state index is 9.33. The van der Waals surface area contributed by atoms with Crippen LogP contribution in [0.15, 0.2) is 29.6 Å². The fourth-order valence-electron chi connectivity index (χ4n) is 1.65. The first kappa shape index (κ1) is 12.1. The number of nitrogens with zero attached hydrogens (tertiary/aromatic N) is 1. The minimum absolute atomic E-state index is 0.359. The number of aromatic nitrogens is 1. The van der Waals surface area contributed by atoms with Crippen molar-refractivity contribution in [1.82, 2.24) is 4.98 Å². The molecule has 17 heavy (non-hydrogen) atoms. The molecule has 2 rings (SSSR count). The van der Waals surface area contributed by atoms with E-state index in [1.165, 1.54) is 0 Å². The highest BCUT2D eigenvalue weighted by Crippen LogP contribution is 2.31. The van der Waals surface area contributed by atoms with Gasteiger partial charge < -0.3 is 9.84 Å². The molecule has 0 aliphatic heterocycles. The number of thiazole rings is 1. The summed E-state index contributed by atoms with van der Waals surface area (Å²) < 4.78 is 5.31. The molecule has 1 atom stereocenters. The van der Waals surface area contributed by atoms with Crippen LogP contribution in [0, 0.1) is 0 Å². The van der Waals surface area contributed by atoms with Crippen molar-refractivity contribution in [2.75, 3.05) is 7.11 Å². The first-order valence-corrected chi connectivity index (χ1v) is 6.34. The van der Waals surface area contributed by atoms with Gasteiger partial charge in [0.25, 0.3) is 0 Å². The van der Waals surface area contributed by atoms with Gasteiger partial charge in [0.1, 0.15) is 10.8 Å². The van der Waals surface area contributed by atoms with Crippen LogP contribution in [-0.2, 0) is 6.42 Å². The number of aliphatic hydroxyl groups excluding tert-OH is 1. The Morgan fingerprint density at radius 3 is 2.88 bits per heavy atom. The maximum Gasteiger partial charge on any atom is 0.129 e. The Balaban J connectivity index is 2.30. The molecule has 1 N–H and O–H groups in total. The highest BCUT2D eigenvalue weighted by Gasteiger charge is 2.10. The van der Waals surface area contributed by atoms with Gasteiger partial charge in [-0.25, -0.2) is 4.98 Å². The Bertz CT molecular complexity index is 494. The Hall–Kier alpha value is -1.39. The average Bonchev–Trinajstić information content (AvgIpc) is 2.76. The summed E-state index contributed by atoms with van der Waals surface area (Å²) in [5.41, 5.74) is 1.92. The largest absolute Gasteiger partial charge is 0.496 e. The van der Waals surface area contributed by atoms with E-state index in [2.05, 4.69) is 4.98 Å². The molecule has 0 bridgehead atoms. The summed E-state index contributed by atoms with van der Waals surface area (Å²) in [7, 11) is 1.66. The molecular weight excluding hydrogens is 234 g/mol. The van der Waals surface area contributed by atoms with Crippen LogP contribution in [0.25, 0.3) is 10.6 Å². The molecule has 0 saturated heterocycles. The monoisotopic (exact) mass is 249 g/mol. The number of rotatable bonds is 4. The van der Waals surface area contributed by atoms with Crippen LogP contribution in [-0.4, -0.2) is 23.3 Å². The summed E-state index contributed by atoms with van der Waals surface area (Å²) in [6, 6.07) is 7.81. The van der Waals surface area contributed by atoms with Crippen molar-refractivity contribution in [2.24, 2.45) is 0 Å². The van der Waals surface area contributed by atoms with Gasteiger partial charge >= 0.3 is 0 Å². The number of aliphatic hydroxyl groups is 1. The third-order valence-electron chi connectivity index (χ3n) is 2.39. The van der Waals surface area contributed by atoms with Gasteiger partial charge in [-0.05, 0) is 19.1 Å². The summed E-state index contributed by atoms with van der Waals surface area (Å²) in [4.78, 5) is 4.51. The molecule has 1 heterocycles. The normalized spacial score (nSPS) is 12.4. The highest BCUT2D eigenvalue weighted by molar-refractivity contribution is 7.13. The Morgan fingerprint density at radius 1 is 1.41 bits per heavy atom. The second kappa shape index (κ2) is 5.29. The molecule has 1 unspecified atom stereocenters. The fourth-order valence-corrected chi connectivity index (χ4v) is 2.51. The molecule has 4 heteroatoms. The number of methoxy groups -OCH3 is 1. The standard InChI is InChI=1S/C13H15NO2S/c1-9(15)7-10-8-17-13(14-10)11-5-3-4-6-12(11)16-2/h3-6,8-9,15H,7H2,1-2H3. The first-order valence-electron chi connectivity index (χ1n) is 5.46. The molecule has 1 aromatic carbocycles. The zero-order valence-corrected chi connectivity index (χ0v) is 10.7. The summed E-state index contributed by atoms with van der Waals surface area (Å²) in [6.07, 6.45) is 0.230. The number of para-hydroxylation sites is 1. The summed E-state index contributed by atoms with van der Waals surface area (Å²) in [5, 5.41) is 12.2. The van der Waals surface area contributed by atoms with Crippen LogP contribution >= 0.6 is 11.3 Å². The third-order valence-corrected chi connectivity index (χ3v) is 3.32. The van der Waals surface area contributed by atoms with Crippen LogP contribution in [0.5, 0.6) is 5.75 Å². The van der Waals surface area contributed by atoms with Crippen LogP contribution in [0.1, 0.15) is 12.6 Å². The number of hydrogen-bond donors (Lipinski definition) is 1. The molecule has 2 aromatic rings. The molecule has 0 spiro atoms. The summed E-state index contributed by atoms with van der Waals surface area (Å²) >= 11 is 1.57. The van der Waals surface area contributed by atoms with E-state index >= 15 is 0 Å². The van der Waals surface area contributed by atoms with E-state index in [-0.39, 0.29) is 6.10 Å². The summed E-state index contributed by atoms with van der Waals surface area (Å²) in [5.74, 6) is 0.824. The molecule has 0 fully saturated rings. The van der Waals surface area contributed by atoms with Crippen molar-refractivity contribution < 1.29 is 9.84 Å².